The van der Waals surface area contributed by atoms with Crippen molar-refractivity contribution in [2.45, 2.75) is 391 Å². The van der Waals surface area contributed by atoms with Crippen LogP contribution in [0.4, 0.5) is 0 Å². The number of Topliss-reactive ketones (excluding diaryl/α,β-unsaturated/α-hetero) is 1. The number of carbonyl (C=O) groups excluding carboxylic acids is 10. The Balaban J connectivity index is 0.000000160. The second-order valence-electron chi connectivity index (χ2n) is 44.9. The van der Waals surface area contributed by atoms with Crippen LogP contribution in [0.2, 0.25) is 0 Å². The Morgan fingerprint density at radius 1 is 0.357 bits per heavy atom. The van der Waals surface area contributed by atoms with Crippen LogP contribution >= 0.6 is 0 Å². The maximum atomic E-state index is 12.4. The third-order valence-corrected chi connectivity index (χ3v) is 44.3. The molecule has 0 spiro atoms. The van der Waals surface area contributed by atoms with E-state index in [1.165, 1.54) is 7.11 Å². The zero-order valence-electron chi connectivity index (χ0n) is 85.8. The predicted molar refractivity (Wildman–Crippen MR) is 504 cm³/mol. The van der Waals surface area contributed by atoms with Crippen molar-refractivity contribution in [2.75, 3.05) is 45.9 Å². The topological polar surface area (TPSA) is 576 Å². The zero-order chi connectivity index (χ0) is 107. The van der Waals surface area contributed by atoms with Crippen LogP contribution in [0.5, 0.6) is 0 Å². The van der Waals surface area contributed by atoms with Crippen molar-refractivity contribution in [3.63, 3.8) is 0 Å². The van der Waals surface area contributed by atoms with E-state index in [-0.39, 0.29) is 164 Å². The number of ketones is 1. The summed E-state index contributed by atoms with van der Waals surface area (Å²) in [5.74, 6) is -5.54. The molecule has 0 N–H and O–H groups in total. The minimum atomic E-state index is -3.84. The molecule has 9 saturated heterocycles. The second kappa shape index (κ2) is 44.2. The molecule has 17 aliphatic rings. The Morgan fingerprint density at radius 3 is 1.35 bits per heavy atom. The van der Waals surface area contributed by atoms with E-state index in [0.717, 1.165) is 32.1 Å². The average Bonchev–Trinajstić information content (AvgIpc) is 1.67. The Bertz CT molecular complexity index is 5550. The van der Waals surface area contributed by atoms with E-state index >= 15 is 0 Å². The standard InChI is InChI=1S/C19H28O8S.C15H22O7S.C15H24O6S.C12H18O6S.2C12H20O5S.C9H16O5S/c1-4-19(2,3)18(22)26-6-5-25-16(21)10-12(20)9-13-11-7-14-15(8-11)28(23,24)27-17(13)14;1-5-15(2,3)14(17)21-10-7-6-8-11(10)22-23(18,19)12(8)9(7)13(16)20-4;1-4-15(2,3)14(16)20-6-5-19-12-9-7-10-11(8-9)22(17,18)21-13(10)12;1-4-12(2,3)11(13)17-8-6-5-7-9(16-6)10(8)18-19(7,14)15;1-4-12(2,3)11(13)16-9-6-5-8-7-10(9)17-18(8,14)15;1-4-12(2,3)11(13)16-10-8-6-5-7-9(8)17-18(10,14)15;1-4-9(2,3)8(10)14-7-5-13-15(11,12)6-7/h11,13-15,17H,4-10H2,1-3H3;7-12H,5-6H2,1-4H3;9-13H,4-8H2,1-3H3;6-10H,4-5H2,1-3H3;2*8-10H,4-7H2,1-3H3;7H,4-6H2,1-3H3. The fourth-order valence-corrected chi connectivity index (χ4v) is 32.5. The van der Waals surface area contributed by atoms with Gasteiger partial charge in [-0.2, -0.15) is 58.9 Å². The summed E-state index contributed by atoms with van der Waals surface area (Å²) in [6.45, 7) is 38.7. The minimum absolute atomic E-state index is 0.0122. The van der Waals surface area contributed by atoms with Gasteiger partial charge >= 0.3 is 63.8 Å². The van der Waals surface area contributed by atoms with E-state index in [0.29, 0.717) is 89.9 Å². The molecule has 28 atom stereocenters. The molecule has 0 aromatic carbocycles. The molecule has 28 unspecified atom stereocenters. The molecular weight excluding hydrogens is 2030 g/mol. The quantitative estimate of drug-likeness (QED) is 0.0206. The van der Waals surface area contributed by atoms with Crippen LogP contribution in [0.1, 0.15) is 280 Å². The number of rotatable bonds is 31. The van der Waals surface area contributed by atoms with E-state index in [2.05, 4.69) is 4.18 Å². The molecule has 8 aliphatic carbocycles. The SMILES string of the molecule is CCC(C)(C)C(=O)OC1C2CC3C(O2)C1OS3(=O)=O.CCC(C)(C)C(=O)OC1C2CC3C1OS(=O)(=O)C3C2C(=O)OC.CCC(C)(C)C(=O)OC1C2CCCC2OS1(=O)=O.CCC(C)(C)C(=O)OC1CCC2CC1OS2(=O)=O.CCC(C)(C)C(=O)OC1COS(=O)(=O)C1.CCC(C)(C)C(=O)OCCOC(=O)CC(=O)CC1C2CC3C1OS(=O)(=O)C3C2.CCC(C)(C)C(=O)OCCOC1C2CC3C1OS(=O)(=O)C3C2. The first-order chi connectivity index (χ1) is 66.0. The lowest BCUT2D eigenvalue weighted by molar-refractivity contribution is -0.171. The molecule has 10 bridgehead atoms. The van der Waals surface area contributed by atoms with Gasteiger partial charge in [0, 0.05) is 36.0 Å². The first-order valence-corrected chi connectivity index (χ1v) is 60.2. The summed E-state index contributed by atoms with van der Waals surface area (Å²) >= 11 is 0. The molecule has 8 saturated carbocycles. The van der Waals surface area contributed by atoms with E-state index in [1.807, 2.05) is 76.2 Å². The number of hydrogen-bond acceptors (Lipinski definition) is 42. The fourth-order valence-electron chi connectivity index (χ4n) is 20.8. The van der Waals surface area contributed by atoms with Crippen molar-refractivity contribution < 1.29 is 188 Å². The van der Waals surface area contributed by atoms with Crippen molar-refractivity contribution in [3.05, 3.63) is 0 Å². The lowest BCUT2D eigenvalue weighted by atomic mass is 9.82. The van der Waals surface area contributed by atoms with Crippen LogP contribution < -0.4 is 0 Å². The zero-order valence-corrected chi connectivity index (χ0v) is 91.5. The van der Waals surface area contributed by atoms with Gasteiger partial charge in [-0.25, -0.2) is 0 Å². The third-order valence-electron chi connectivity index (χ3n) is 32.7. The van der Waals surface area contributed by atoms with Crippen molar-refractivity contribution in [3.8, 4) is 0 Å². The highest BCUT2D eigenvalue weighted by molar-refractivity contribution is 7.89. The summed E-state index contributed by atoms with van der Waals surface area (Å²) in [6.07, 6.45) is 5.64. The number of ether oxygens (including phenoxy) is 11. The van der Waals surface area contributed by atoms with E-state index in [1.54, 1.807) is 69.2 Å². The molecule has 17 fully saturated rings. The fraction of sp³-hybridized carbons (Fsp3) is 0.894. The van der Waals surface area contributed by atoms with Gasteiger partial charge in [0.05, 0.1) is 97.7 Å². The number of carbonyl (C=O) groups is 10. The van der Waals surface area contributed by atoms with Crippen LogP contribution in [0.25, 0.3) is 0 Å². The smallest absolute Gasteiger partial charge is 0.313 e. The Hall–Kier alpha value is -5.81. The van der Waals surface area contributed by atoms with Crippen molar-refractivity contribution >= 4 is 130 Å². The van der Waals surface area contributed by atoms with Gasteiger partial charge in [0.2, 0.25) is 5.44 Å². The molecular formula is C94H148O42S7. The van der Waals surface area contributed by atoms with Gasteiger partial charge < -0.3 is 52.1 Å². The van der Waals surface area contributed by atoms with Gasteiger partial charge in [-0.05, 0) is 230 Å². The molecule has 42 nitrogen and oxygen atoms in total. The molecule has 17 rings (SSSR count). The van der Waals surface area contributed by atoms with Crippen molar-refractivity contribution in [2.24, 2.45) is 91.2 Å². The molecule has 0 amide bonds. The highest BCUT2D eigenvalue weighted by atomic mass is 32.2. The first-order valence-electron chi connectivity index (χ1n) is 49.8. The number of hydrogen-bond donors (Lipinski definition) is 0. The third kappa shape index (κ3) is 25.7. The normalized spacial score (nSPS) is 35.6. The molecule has 0 aromatic rings. The number of fused-ring (bicyclic) bond motifs is 7. The summed E-state index contributed by atoms with van der Waals surface area (Å²) in [5.41, 5.74) is -5.20. The van der Waals surface area contributed by atoms with E-state index < -0.39 is 220 Å². The van der Waals surface area contributed by atoms with Crippen LogP contribution in [0, 0.1) is 91.2 Å². The lowest BCUT2D eigenvalue weighted by Crippen LogP contribution is -2.47. The van der Waals surface area contributed by atoms with E-state index in [4.69, 9.17) is 77.2 Å². The highest BCUT2D eigenvalue weighted by Crippen LogP contribution is 2.61. The molecule has 9 heterocycles. The highest BCUT2D eigenvalue weighted by Gasteiger charge is 2.73. The largest absolute Gasteiger partial charge is 0.469 e. The maximum absolute atomic E-state index is 12.4. The van der Waals surface area contributed by atoms with Crippen molar-refractivity contribution in [1.82, 2.24) is 0 Å². The number of methoxy groups -OCH3 is 1. The van der Waals surface area contributed by atoms with Gasteiger partial charge in [0.15, 0.2) is 6.10 Å². The molecule has 9 aliphatic heterocycles. The summed E-state index contributed by atoms with van der Waals surface area (Å²) in [4.78, 5) is 120. The van der Waals surface area contributed by atoms with Crippen molar-refractivity contribution in [1.29, 1.82) is 0 Å². The first kappa shape index (κ1) is 117. The lowest BCUT2D eigenvalue weighted by Gasteiger charge is -2.32. The number of esters is 9. The van der Waals surface area contributed by atoms with Gasteiger partial charge in [-0.1, -0.05) is 54.9 Å². The Labute approximate surface area is 841 Å². The Morgan fingerprint density at radius 2 is 0.811 bits per heavy atom. The summed E-state index contributed by atoms with van der Waals surface area (Å²) in [7, 11) is -23.7. The van der Waals surface area contributed by atoms with Crippen LogP contribution in [-0.4, -0.2) is 275 Å². The van der Waals surface area contributed by atoms with Crippen LogP contribution in [0.15, 0.2) is 0 Å². The molecule has 49 heteroatoms. The second-order valence-corrected chi connectivity index (χ2v) is 57.2. The molecule has 0 radical (unpaired) electrons. The van der Waals surface area contributed by atoms with Gasteiger partial charge in [-0.15, -0.1) is 0 Å². The molecule has 143 heavy (non-hydrogen) atoms. The minimum Gasteiger partial charge on any atom is -0.469 e. The van der Waals surface area contributed by atoms with Crippen LogP contribution in [0.3, 0.4) is 0 Å². The summed E-state index contributed by atoms with van der Waals surface area (Å²) < 4.78 is 258. The monoisotopic (exact) mass is 2170 g/mol. The van der Waals surface area contributed by atoms with Gasteiger partial charge in [0.1, 0.15) is 104 Å². The van der Waals surface area contributed by atoms with Gasteiger partial charge in [-0.3, -0.25) is 77.2 Å². The van der Waals surface area contributed by atoms with E-state index in [9.17, 15) is 107 Å². The van der Waals surface area contributed by atoms with Gasteiger partial charge in [0.25, 0.3) is 60.7 Å². The average molecular weight is 2170 g/mol. The predicted octanol–water partition coefficient (Wildman–Crippen LogP) is 8.70. The molecule has 818 valence electrons. The molecule has 0 aromatic heterocycles. The summed E-state index contributed by atoms with van der Waals surface area (Å²) in [6, 6.07) is 0. The maximum Gasteiger partial charge on any atom is 0.313 e. The van der Waals surface area contributed by atoms with Crippen LogP contribution in [-0.2, 0) is 200 Å². The Kier molecular flexibility index (Phi) is 36.3. The summed E-state index contributed by atoms with van der Waals surface area (Å²) in [5, 5.41) is -2.61.